The van der Waals surface area contributed by atoms with Gasteiger partial charge in [-0.05, 0) is 105 Å². The van der Waals surface area contributed by atoms with Crippen molar-refractivity contribution < 1.29 is 116 Å². The number of ether oxygens (including phenoxy) is 10. The van der Waals surface area contributed by atoms with Crippen LogP contribution in [0.2, 0.25) is 0 Å². The number of carbonyl (C=O) groups excluding carboxylic acids is 8. The lowest BCUT2D eigenvalue weighted by atomic mass is 10.0. The number of likely N-dealkylation sites (tertiary alicyclic amines) is 1. The lowest BCUT2D eigenvalue weighted by Crippen LogP contribution is -2.40. The van der Waals surface area contributed by atoms with Crippen molar-refractivity contribution in [3.63, 3.8) is 0 Å². The number of nitrogens with one attached hydrogen (secondary N) is 4. The fourth-order valence-corrected chi connectivity index (χ4v) is 17.6. The number of hydrogen-bond acceptors (Lipinski definition) is 26. The quantitative estimate of drug-likeness (QED) is 0.00757. The van der Waals surface area contributed by atoms with Crippen LogP contribution in [0.1, 0.15) is 128 Å². The third-order valence-electron chi connectivity index (χ3n) is 19.7. The zero-order valence-corrected chi connectivity index (χ0v) is 61.2. The summed E-state index contributed by atoms with van der Waals surface area (Å²) >= 11 is 3.36. The second-order valence-electron chi connectivity index (χ2n) is 26.6. The van der Waals surface area contributed by atoms with Crippen LogP contribution in [0.4, 0.5) is 18.8 Å². The summed E-state index contributed by atoms with van der Waals surface area (Å²) in [5, 5.41) is 42.4. The van der Waals surface area contributed by atoms with Gasteiger partial charge in [0.2, 0.25) is 11.8 Å². The van der Waals surface area contributed by atoms with Crippen LogP contribution < -0.4 is 21.3 Å². The van der Waals surface area contributed by atoms with Crippen molar-refractivity contribution in [1.29, 1.82) is 0 Å². The number of azide groups is 1. The van der Waals surface area contributed by atoms with Crippen LogP contribution in [-0.4, -0.2) is 266 Å². The second kappa shape index (κ2) is 45.6. The minimum absolute atomic E-state index is 0.00410. The van der Waals surface area contributed by atoms with Crippen molar-refractivity contribution in [3.8, 4) is 11.8 Å². The molecule has 35 nitrogen and oxygen atoms in total. The van der Waals surface area contributed by atoms with E-state index in [0.717, 1.165) is 93.3 Å². The Kier molecular flexibility index (Phi) is 35.6. The Hall–Kier alpha value is -7.18. The molecule has 11 rings (SSSR count). The molecular formula is C68H101FN12O23S2. The van der Waals surface area contributed by atoms with Crippen LogP contribution in [0.3, 0.4) is 0 Å². The number of nitrogens with zero attached hydrogens (tertiary/aromatic N) is 8. The summed E-state index contributed by atoms with van der Waals surface area (Å²) in [4.78, 5) is 123. The first-order valence-corrected chi connectivity index (χ1v) is 38.4. The number of thioether (sulfide) groups is 2. The Labute approximate surface area is 623 Å². The minimum atomic E-state index is -1.03. The van der Waals surface area contributed by atoms with E-state index < -0.39 is 43.0 Å². The van der Waals surface area contributed by atoms with Gasteiger partial charge in [0.25, 0.3) is 11.8 Å². The first kappa shape index (κ1) is 82.9. The number of aliphatic carboxylic acids is 2. The summed E-state index contributed by atoms with van der Waals surface area (Å²) in [5.74, 6) is 5.36. The molecule has 7 heterocycles. The van der Waals surface area contributed by atoms with Crippen LogP contribution in [0.25, 0.3) is 10.4 Å². The van der Waals surface area contributed by atoms with Gasteiger partial charge < -0.3 is 78.8 Å². The van der Waals surface area contributed by atoms with E-state index in [1.165, 1.54) is 0 Å². The summed E-state index contributed by atoms with van der Waals surface area (Å²) in [6, 6.07) is -0.629. The highest BCUT2D eigenvalue weighted by Crippen LogP contribution is 2.54. The van der Waals surface area contributed by atoms with E-state index in [1.54, 1.807) is 23.5 Å². The van der Waals surface area contributed by atoms with E-state index >= 15 is 0 Å². The predicted octanol–water partition coefficient (Wildman–Crippen LogP) is 4.64. The fraction of sp³-hybridized carbons (Fsp3) is 0.794. The number of amides is 8. The maximum absolute atomic E-state index is 12.0. The number of urea groups is 2. The van der Waals surface area contributed by atoms with Crippen LogP contribution in [0.5, 0.6) is 0 Å². The molecule has 38 heteroatoms. The number of alkyl halides is 1. The third-order valence-corrected chi connectivity index (χ3v) is 22.9. The number of imide groups is 2. The van der Waals surface area contributed by atoms with Gasteiger partial charge in [-0.15, -0.1) is 40.5 Å². The Morgan fingerprint density at radius 3 is 1.54 bits per heavy atom. The van der Waals surface area contributed by atoms with Crippen molar-refractivity contribution in [2.75, 3.05) is 126 Å². The number of aryl methyl sites for hydroxylation is 1. The summed E-state index contributed by atoms with van der Waals surface area (Å²) in [7, 11) is -1.00. The van der Waals surface area contributed by atoms with Gasteiger partial charge in [-0.3, -0.25) is 47.7 Å². The minimum Gasteiger partial charge on any atom is -0.481 e. The SMILES string of the molecule is O=C(CN1C(=O)CCC1=O)OCC1[C@H]2CCC#CCC[C@@H]12.O=C(O)CCCC[C@@H]1S[C@@H](OCCOCCOCCOCCn2nnc3c2CC[C@H]2C(COC(=O)ON4C(=O)CCC4=O)[C@H]2CC3)[C@@H]2NC(=O)N[C@@H]21.[2H]CF.[N-]=[N+]=NCCOCCOCCOCCO[C@@H]1S[C@@H](CCCCC(=O)O)[C@H]2NC(=O)N[C@H]21. The van der Waals surface area contributed by atoms with Crippen LogP contribution >= 0.6 is 23.5 Å². The smallest absolute Gasteiger partial charge is 0.481 e. The molecule has 14 atom stereocenters. The molecule has 8 fully saturated rings. The molecule has 0 radical (unpaired) electrons. The lowest BCUT2D eigenvalue weighted by Gasteiger charge is -2.17. The van der Waals surface area contributed by atoms with Gasteiger partial charge in [0.05, 0.1) is 156 Å². The van der Waals surface area contributed by atoms with E-state index in [2.05, 4.69) is 53.4 Å². The predicted molar refractivity (Wildman–Crippen MR) is 373 cm³/mol. The van der Waals surface area contributed by atoms with Gasteiger partial charge in [-0.1, -0.05) is 28.2 Å². The van der Waals surface area contributed by atoms with E-state index in [0.29, 0.717) is 160 Å². The number of esters is 1. The Morgan fingerprint density at radius 2 is 1.04 bits per heavy atom. The molecule has 2 unspecified atom stereocenters. The number of unbranched alkanes of at least 4 members (excludes halogenated alkanes) is 2. The molecule has 6 aliphatic heterocycles. The van der Waals surface area contributed by atoms with Gasteiger partial charge in [0, 0.05) is 73.3 Å². The van der Waals surface area contributed by atoms with Crippen molar-refractivity contribution in [2.24, 2.45) is 40.6 Å². The first-order valence-electron chi connectivity index (χ1n) is 37.2. The number of rotatable bonds is 43. The molecule has 590 valence electrons. The molecule has 1 aromatic rings. The monoisotopic (exact) mass is 1540 g/mol. The highest BCUT2D eigenvalue weighted by Gasteiger charge is 2.53. The normalized spacial score (nSPS) is 27.0. The van der Waals surface area contributed by atoms with Gasteiger partial charge in [-0.2, -0.15) is 0 Å². The summed E-state index contributed by atoms with van der Waals surface area (Å²) in [6.45, 7) is 7.20. The van der Waals surface area contributed by atoms with Crippen LogP contribution in [0.15, 0.2) is 5.11 Å². The number of hydroxylamine groups is 2. The van der Waals surface area contributed by atoms with Gasteiger partial charge in [0.1, 0.15) is 17.4 Å². The summed E-state index contributed by atoms with van der Waals surface area (Å²) in [5.41, 5.74) is 9.89. The number of fused-ring (bicyclic) bond motifs is 5. The van der Waals surface area contributed by atoms with Crippen molar-refractivity contribution in [1.82, 2.24) is 46.2 Å². The second-order valence-corrected chi connectivity index (χ2v) is 29.2. The summed E-state index contributed by atoms with van der Waals surface area (Å²) in [6.07, 6.45) is 11.8. The third kappa shape index (κ3) is 27.2. The molecule has 0 bridgehead atoms. The van der Waals surface area contributed by atoms with Gasteiger partial charge in [-0.25, -0.2) is 19.1 Å². The lowest BCUT2D eigenvalue weighted by molar-refractivity contribution is -0.177. The Morgan fingerprint density at radius 1 is 0.594 bits per heavy atom. The molecule has 0 spiro atoms. The highest BCUT2D eigenvalue weighted by atomic mass is 32.2. The van der Waals surface area contributed by atoms with Crippen molar-refractivity contribution >= 4 is 83.3 Å². The maximum atomic E-state index is 12.0. The standard InChI is InChI=1S/C33H48N6O12S.C18H31N5O7S.C16H19NO4.CH3F/c40-26-9-10-27(41)39(26)51-33(45)50-19-22-20-5-7-23-24(8-6-21(20)22)38(37-36-23)11-12-46-13-14-47-15-16-48-17-18-49-31-30-29(34-32(44)35-30)25(52-31)3-1-2-4-28(42)43;19-23-20-5-6-27-7-8-28-9-10-29-11-12-30-17-16-15(21-18(26)22-16)13(31-17)3-1-2-4-14(24)25;18-14-7-8-15(19)17(14)9-16(20)21-10-13-11-5-3-1-2-4-6-12(11)13;1-2/h20-22,25,29-31H,1-19H2,(H,42,43)(H2,34,35,44);13,15-17H,1-12H2,(H,24,25)(H2,21,22,26);11-13H,3-10H2;1H3/t20-,21+,22?,25-,29+,30+,31+;13-,15+,16+,17+;11-,12+,13?;/m00../s1/i;;;1D. The summed E-state index contributed by atoms with van der Waals surface area (Å²) < 4.78 is 73.0. The topological polar surface area (TPSA) is 447 Å². The molecule has 4 aliphatic carbocycles. The molecule has 6 N–H and O–H groups in total. The molecule has 6 saturated heterocycles. The number of carbonyl (C=O) groups is 10. The fourth-order valence-electron chi connectivity index (χ4n) is 14.3. The number of hydrogen-bond donors (Lipinski definition) is 6. The molecular weight excluding hydrogens is 1440 g/mol. The van der Waals surface area contributed by atoms with E-state index in [9.17, 15) is 52.3 Å². The Bertz CT molecular complexity index is 3160. The van der Waals surface area contributed by atoms with E-state index in [4.69, 9.17) is 69.3 Å². The largest absolute Gasteiger partial charge is 0.533 e. The molecule has 8 amide bonds. The number of aromatic nitrogens is 3. The maximum Gasteiger partial charge on any atom is 0.533 e. The van der Waals surface area contributed by atoms with Gasteiger partial charge >= 0.3 is 36.1 Å². The zero-order chi connectivity index (χ0) is 76.3. The van der Waals surface area contributed by atoms with Crippen molar-refractivity contribution in [2.45, 2.75) is 181 Å². The number of carboxylic acid groups (broad SMARTS) is 2. The number of carboxylic acids is 2. The van der Waals surface area contributed by atoms with Crippen LogP contribution in [0, 0.1) is 47.3 Å². The molecule has 1 aromatic heterocycles. The van der Waals surface area contributed by atoms with E-state index in [1.807, 2.05) is 4.68 Å². The molecule has 106 heavy (non-hydrogen) atoms. The van der Waals surface area contributed by atoms with E-state index in [-0.39, 0.29) is 127 Å². The van der Waals surface area contributed by atoms with Crippen LogP contribution in [-0.2, 0) is 105 Å². The van der Waals surface area contributed by atoms with Gasteiger partial charge in [0.15, 0.2) is 0 Å². The molecule has 2 saturated carbocycles. The Balaban J connectivity index is 0.000000221. The average molecular weight is 1540 g/mol. The highest BCUT2D eigenvalue weighted by molar-refractivity contribution is 8.01. The number of halogens is 1. The first-order chi connectivity index (χ1) is 52.0. The molecule has 10 aliphatic rings. The zero-order valence-electron chi connectivity index (χ0n) is 60.6. The average Bonchev–Trinajstić information content (AvgIpc) is 1.62. The van der Waals surface area contributed by atoms with Crippen molar-refractivity contribution in [3.05, 3.63) is 21.8 Å². The molecule has 0 aromatic carbocycles.